The fourth-order valence-electron chi connectivity index (χ4n) is 2.61. The maximum atomic E-state index is 12.1. The lowest BCUT2D eigenvalue weighted by molar-refractivity contribution is -0.120. The van der Waals surface area contributed by atoms with Crippen LogP contribution in [0.15, 0.2) is 18.3 Å². The Morgan fingerprint density at radius 2 is 2.41 bits per heavy atom. The predicted molar refractivity (Wildman–Crippen MR) is 60.1 cm³/mol. The smallest absolute Gasteiger partial charge is 0.237 e. The Labute approximate surface area is 97.6 Å². The standard InChI is InChI=1S/C11H12N4O2/c12-8(16)7-4-11(5-14-7)6-2-1-3-13-9(6)15-10(11)17/h1-3,7,14H,4-5H2,(H2,12,16)(H,13,15,17)/t7-,11-/m0/s1. The van der Waals surface area contributed by atoms with Crippen molar-refractivity contribution in [1.29, 1.82) is 0 Å². The van der Waals surface area contributed by atoms with Crippen LogP contribution in [0.2, 0.25) is 0 Å². The van der Waals surface area contributed by atoms with Gasteiger partial charge in [-0.25, -0.2) is 4.98 Å². The van der Waals surface area contributed by atoms with E-state index in [4.69, 9.17) is 5.73 Å². The van der Waals surface area contributed by atoms with Gasteiger partial charge in [0, 0.05) is 18.3 Å². The Bertz CT molecular complexity index is 516. The zero-order chi connectivity index (χ0) is 12.0. The molecule has 0 saturated carbocycles. The molecular weight excluding hydrogens is 220 g/mol. The molecule has 1 aromatic rings. The molecule has 3 heterocycles. The fraction of sp³-hybridized carbons (Fsp3) is 0.364. The summed E-state index contributed by atoms with van der Waals surface area (Å²) in [4.78, 5) is 27.4. The van der Waals surface area contributed by atoms with Gasteiger partial charge in [0.1, 0.15) is 5.82 Å². The van der Waals surface area contributed by atoms with Crippen molar-refractivity contribution in [1.82, 2.24) is 10.3 Å². The normalized spacial score (nSPS) is 30.4. The average molecular weight is 232 g/mol. The minimum absolute atomic E-state index is 0.109. The third-order valence-electron chi connectivity index (χ3n) is 3.54. The number of pyridine rings is 1. The van der Waals surface area contributed by atoms with Gasteiger partial charge in [0.2, 0.25) is 11.8 Å². The highest BCUT2D eigenvalue weighted by molar-refractivity contribution is 6.06. The highest BCUT2D eigenvalue weighted by atomic mass is 16.2. The van der Waals surface area contributed by atoms with Crippen LogP contribution in [-0.2, 0) is 15.0 Å². The fourth-order valence-corrected chi connectivity index (χ4v) is 2.61. The molecule has 0 radical (unpaired) electrons. The molecule has 6 heteroatoms. The number of amides is 2. The number of nitrogens with two attached hydrogens (primary N) is 1. The lowest BCUT2D eigenvalue weighted by atomic mass is 9.80. The first kappa shape index (κ1) is 10.2. The molecule has 17 heavy (non-hydrogen) atoms. The maximum Gasteiger partial charge on any atom is 0.237 e. The molecule has 3 rings (SSSR count). The van der Waals surface area contributed by atoms with E-state index in [1.165, 1.54) is 0 Å². The zero-order valence-corrected chi connectivity index (χ0v) is 9.06. The Balaban J connectivity index is 2.04. The van der Waals surface area contributed by atoms with E-state index in [0.29, 0.717) is 18.8 Å². The lowest BCUT2D eigenvalue weighted by Crippen LogP contribution is -2.36. The highest BCUT2D eigenvalue weighted by Gasteiger charge is 2.53. The molecule has 0 aromatic carbocycles. The number of aromatic nitrogens is 1. The average Bonchev–Trinajstić information content (AvgIpc) is 2.85. The van der Waals surface area contributed by atoms with Gasteiger partial charge >= 0.3 is 0 Å². The van der Waals surface area contributed by atoms with Crippen LogP contribution in [-0.4, -0.2) is 29.4 Å². The van der Waals surface area contributed by atoms with Gasteiger partial charge in [-0.15, -0.1) is 0 Å². The van der Waals surface area contributed by atoms with Crippen molar-refractivity contribution < 1.29 is 9.59 Å². The third-order valence-corrected chi connectivity index (χ3v) is 3.54. The summed E-state index contributed by atoms with van der Waals surface area (Å²) in [6.45, 7) is 0.422. The van der Waals surface area contributed by atoms with Crippen molar-refractivity contribution in [2.45, 2.75) is 17.9 Å². The number of primary amides is 1. The number of rotatable bonds is 1. The summed E-state index contributed by atoms with van der Waals surface area (Å²) >= 11 is 0. The first-order chi connectivity index (χ1) is 8.13. The van der Waals surface area contributed by atoms with E-state index in [2.05, 4.69) is 15.6 Å². The number of carbonyl (C=O) groups is 2. The first-order valence-corrected chi connectivity index (χ1v) is 5.43. The van der Waals surface area contributed by atoms with E-state index in [-0.39, 0.29) is 5.91 Å². The van der Waals surface area contributed by atoms with Crippen LogP contribution in [0.4, 0.5) is 5.82 Å². The second-order valence-corrected chi connectivity index (χ2v) is 4.48. The molecule has 2 atom stereocenters. The second kappa shape index (κ2) is 3.27. The Kier molecular flexibility index (Phi) is 1.97. The van der Waals surface area contributed by atoms with Crippen molar-refractivity contribution in [3.63, 3.8) is 0 Å². The van der Waals surface area contributed by atoms with Gasteiger partial charge in [0.15, 0.2) is 0 Å². The van der Waals surface area contributed by atoms with E-state index >= 15 is 0 Å². The second-order valence-electron chi connectivity index (χ2n) is 4.48. The number of hydrogen-bond acceptors (Lipinski definition) is 4. The van der Waals surface area contributed by atoms with Crippen molar-refractivity contribution >= 4 is 17.6 Å². The minimum Gasteiger partial charge on any atom is -0.368 e. The van der Waals surface area contributed by atoms with Gasteiger partial charge in [-0.2, -0.15) is 0 Å². The summed E-state index contributed by atoms with van der Waals surface area (Å²) in [6.07, 6.45) is 2.03. The summed E-state index contributed by atoms with van der Waals surface area (Å²) in [5, 5.41) is 5.74. The zero-order valence-electron chi connectivity index (χ0n) is 9.06. The summed E-state index contributed by atoms with van der Waals surface area (Å²) in [7, 11) is 0. The van der Waals surface area contributed by atoms with E-state index in [1.807, 2.05) is 6.07 Å². The summed E-state index contributed by atoms with van der Waals surface area (Å²) < 4.78 is 0. The summed E-state index contributed by atoms with van der Waals surface area (Å²) in [6, 6.07) is 3.20. The first-order valence-electron chi connectivity index (χ1n) is 5.43. The van der Waals surface area contributed by atoms with Crippen LogP contribution in [0, 0.1) is 0 Å². The molecule has 1 spiro atoms. The van der Waals surface area contributed by atoms with Crippen LogP contribution in [0.3, 0.4) is 0 Å². The van der Waals surface area contributed by atoms with E-state index in [1.54, 1.807) is 12.3 Å². The quantitative estimate of drug-likeness (QED) is 0.585. The maximum absolute atomic E-state index is 12.1. The van der Waals surface area contributed by atoms with Gasteiger partial charge in [-0.1, -0.05) is 6.07 Å². The molecule has 2 aliphatic rings. The van der Waals surface area contributed by atoms with Crippen LogP contribution in [0.1, 0.15) is 12.0 Å². The van der Waals surface area contributed by atoms with E-state index in [9.17, 15) is 9.59 Å². The Morgan fingerprint density at radius 1 is 1.59 bits per heavy atom. The molecule has 1 aromatic heterocycles. The Morgan fingerprint density at radius 3 is 3.12 bits per heavy atom. The highest BCUT2D eigenvalue weighted by Crippen LogP contribution is 2.42. The molecule has 0 bridgehead atoms. The number of hydrogen-bond donors (Lipinski definition) is 3. The number of nitrogens with zero attached hydrogens (tertiary/aromatic N) is 1. The molecule has 1 fully saturated rings. The molecule has 4 N–H and O–H groups in total. The molecule has 2 amide bonds. The number of carbonyl (C=O) groups excluding carboxylic acids is 2. The van der Waals surface area contributed by atoms with Gasteiger partial charge in [-0.3, -0.25) is 9.59 Å². The molecule has 1 saturated heterocycles. The largest absolute Gasteiger partial charge is 0.368 e. The van der Waals surface area contributed by atoms with Gasteiger partial charge in [0.05, 0.1) is 11.5 Å². The van der Waals surface area contributed by atoms with Crippen LogP contribution in [0.25, 0.3) is 0 Å². The molecule has 0 aliphatic carbocycles. The molecule has 0 unspecified atom stereocenters. The van der Waals surface area contributed by atoms with Gasteiger partial charge in [0.25, 0.3) is 0 Å². The predicted octanol–water partition coefficient (Wildman–Crippen LogP) is -0.881. The topological polar surface area (TPSA) is 97.1 Å². The number of anilines is 1. The van der Waals surface area contributed by atoms with Crippen molar-refractivity contribution in [3.05, 3.63) is 23.9 Å². The third kappa shape index (κ3) is 1.27. The van der Waals surface area contributed by atoms with Crippen LogP contribution in [0.5, 0.6) is 0 Å². The molecule has 2 aliphatic heterocycles. The Hall–Kier alpha value is -1.95. The van der Waals surface area contributed by atoms with E-state index in [0.717, 1.165) is 5.56 Å². The van der Waals surface area contributed by atoms with Crippen LogP contribution >= 0.6 is 0 Å². The monoisotopic (exact) mass is 232 g/mol. The molecule has 6 nitrogen and oxygen atoms in total. The van der Waals surface area contributed by atoms with Crippen molar-refractivity contribution in [2.75, 3.05) is 11.9 Å². The summed E-state index contributed by atoms with van der Waals surface area (Å²) in [5.74, 6) is 0.0545. The number of fused-ring (bicyclic) bond motifs is 2. The minimum atomic E-state index is -0.691. The lowest BCUT2D eigenvalue weighted by Gasteiger charge is -2.19. The molecular formula is C11H12N4O2. The number of nitrogens with one attached hydrogen (secondary N) is 2. The van der Waals surface area contributed by atoms with E-state index < -0.39 is 17.4 Å². The van der Waals surface area contributed by atoms with Gasteiger partial charge < -0.3 is 16.4 Å². The van der Waals surface area contributed by atoms with Crippen molar-refractivity contribution in [3.8, 4) is 0 Å². The van der Waals surface area contributed by atoms with Gasteiger partial charge in [-0.05, 0) is 12.5 Å². The SMILES string of the molecule is NC(=O)[C@@H]1C[C@@]2(CN1)C(=O)Nc1ncccc12. The molecule has 88 valence electrons. The summed E-state index contributed by atoms with van der Waals surface area (Å²) in [5.41, 5.74) is 5.42. The van der Waals surface area contributed by atoms with Crippen molar-refractivity contribution in [2.24, 2.45) is 5.73 Å². The van der Waals surface area contributed by atoms with Crippen LogP contribution < -0.4 is 16.4 Å².